The molecule has 1 heterocycles. The minimum absolute atomic E-state index is 0.394. The van der Waals surface area contributed by atoms with Gasteiger partial charge >= 0.3 is 0 Å². The second-order valence-corrected chi connectivity index (χ2v) is 2.50. The van der Waals surface area contributed by atoms with Crippen molar-refractivity contribution in [2.75, 3.05) is 7.11 Å². The standard InChI is InChI=1S/C8H10ClNO.C2H6/c1-6-3-4-8(11-2)7(5-9)10-6;1-2/h3-4H,5H2,1-2H3;1-2H3. The molecule has 1 aromatic rings. The number of hydrogen-bond donors (Lipinski definition) is 0. The zero-order valence-corrected chi connectivity index (χ0v) is 9.35. The number of nitrogens with zero attached hydrogens (tertiary/aromatic N) is 1. The molecule has 0 amide bonds. The number of alkyl halides is 1. The molecule has 0 aliphatic rings. The fraction of sp³-hybridized carbons (Fsp3) is 0.500. The van der Waals surface area contributed by atoms with E-state index in [0.29, 0.717) is 5.88 Å². The van der Waals surface area contributed by atoms with Gasteiger partial charge in [-0.3, -0.25) is 4.98 Å². The first-order valence-electron chi connectivity index (χ1n) is 4.34. The number of halogens is 1. The van der Waals surface area contributed by atoms with Gasteiger partial charge in [0, 0.05) is 5.69 Å². The summed E-state index contributed by atoms with van der Waals surface area (Å²) in [6, 6.07) is 3.77. The van der Waals surface area contributed by atoms with Crippen molar-refractivity contribution in [2.45, 2.75) is 26.7 Å². The van der Waals surface area contributed by atoms with Crippen molar-refractivity contribution in [1.82, 2.24) is 4.98 Å². The molecular weight excluding hydrogens is 186 g/mol. The van der Waals surface area contributed by atoms with E-state index in [1.165, 1.54) is 0 Å². The summed E-state index contributed by atoms with van der Waals surface area (Å²) >= 11 is 5.64. The lowest BCUT2D eigenvalue weighted by molar-refractivity contribution is 0.408. The van der Waals surface area contributed by atoms with Crippen molar-refractivity contribution in [1.29, 1.82) is 0 Å². The van der Waals surface area contributed by atoms with Gasteiger partial charge in [0.2, 0.25) is 0 Å². The molecule has 1 rings (SSSR count). The average Bonchev–Trinajstić information content (AvgIpc) is 2.20. The van der Waals surface area contributed by atoms with Gasteiger partial charge in [0.25, 0.3) is 0 Å². The normalized spacial score (nSPS) is 8.69. The van der Waals surface area contributed by atoms with Gasteiger partial charge in [-0.1, -0.05) is 13.8 Å². The molecule has 0 N–H and O–H groups in total. The average molecular weight is 202 g/mol. The van der Waals surface area contributed by atoms with Crippen molar-refractivity contribution >= 4 is 11.6 Å². The van der Waals surface area contributed by atoms with Crippen LogP contribution in [-0.4, -0.2) is 12.1 Å². The Labute approximate surface area is 84.9 Å². The van der Waals surface area contributed by atoms with Crippen molar-refractivity contribution in [2.24, 2.45) is 0 Å². The third kappa shape index (κ3) is 3.64. The molecule has 0 unspecified atom stereocenters. The summed E-state index contributed by atoms with van der Waals surface area (Å²) in [5.41, 5.74) is 1.76. The van der Waals surface area contributed by atoms with Gasteiger partial charge in [-0.15, -0.1) is 11.6 Å². The molecule has 0 aliphatic carbocycles. The summed E-state index contributed by atoms with van der Waals surface area (Å²) in [5.74, 6) is 1.15. The van der Waals surface area contributed by atoms with E-state index in [-0.39, 0.29) is 0 Å². The van der Waals surface area contributed by atoms with E-state index in [2.05, 4.69) is 4.98 Å². The predicted molar refractivity (Wildman–Crippen MR) is 56.4 cm³/mol. The van der Waals surface area contributed by atoms with Crippen molar-refractivity contribution < 1.29 is 4.74 Å². The highest BCUT2D eigenvalue weighted by molar-refractivity contribution is 6.17. The lowest BCUT2D eigenvalue weighted by atomic mass is 10.3. The maximum absolute atomic E-state index is 5.64. The van der Waals surface area contributed by atoms with Crippen molar-refractivity contribution in [3.05, 3.63) is 23.5 Å². The summed E-state index contributed by atoms with van der Waals surface area (Å²) < 4.78 is 5.04. The van der Waals surface area contributed by atoms with Crippen LogP contribution in [0.3, 0.4) is 0 Å². The first kappa shape index (κ1) is 12.2. The molecule has 0 spiro atoms. The molecule has 0 radical (unpaired) electrons. The Morgan fingerprint density at radius 2 is 2.00 bits per heavy atom. The second kappa shape index (κ2) is 6.72. The number of ether oxygens (including phenoxy) is 1. The van der Waals surface area contributed by atoms with Crippen LogP contribution in [0.25, 0.3) is 0 Å². The van der Waals surface area contributed by atoms with Gasteiger partial charge in [0.05, 0.1) is 18.7 Å². The van der Waals surface area contributed by atoms with Crippen molar-refractivity contribution in [3.8, 4) is 5.75 Å². The summed E-state index contributed by atoms with van der Waals surface area (Å²) in [7, 11) is 1.61. The third-order valence-corrected chi connectivity index (χ3v) is 1.67. The molecule has 0 aliphatic heterocycles. The zero-order valence-electron chi connectivity index (χ0n) is 8.60. The summed E-state index contributed by atoms with van der Waals surface area (Å²) in [6.07, 6.45) is 0. The van der Waals surface area contributed by atoms with Gasteiger partial charge < -0.3 is 4.74 Å². The molecule has 3 heteroatoms. The molecule has 0 bridgehead atoms. The lowest BCUT2D eigenvalue weighted by Gasteiger charge is -2.04. The molecule has 0 saturated carbocycles. The third-order valence-electron chi connectivity index (χ3n) is 1.42. The Balaban J connectivity index is 0.000000671. The molecule has 0 fully saturated rings. The van der Waals surface area contributed by atoms with Gasteiger partial charge in [0.1, 0.15) is 5.75 Å². The van der Waals surface area contributed by atoms with Gasteiger partial charge in [-0.05, 0) is 19.1 Å². The van der Waals surface area contributed by atoms with Crippen LogP contribution in [0.5, 0.6) is 5.75 Å². The van der Waals surface area contributed by atoms with E-state index in [0.717, 1.165) is 17.1 Å². The van der Waals surface area contributed by atoms with Crippen LogP contribution in [0.15, 0.2) is 12.1 Å². The highest BCUT2D eigenvalue weighted by Gasteiger charge is 2.01. The smallest absolute Gasteiger partial charge is 0.141 e. The maximum atomic E-state index is 5.64. The summed E-state index contributed by atoms with van der Waals surface area (Å²) in [4.78, 5) is 4.21. The maximum Gasteiger partial charge on any atom is 0.141 e. The number of hydrogen-bond acceptors (Lipinski definition) is 2. The van der Waals surface area contributed by atoms with Crippen LogP contribution >= 0.6 is 11.6 Å². The van der Waals surface area contributed by atoms with Crippen LogP contribution < -0.4 is 4.74 Å². The van der Waals surface area contributed by atoms with Gasteiger partial charge in [0.15, 0.2) is 0 Å². The molecule has 13 heavy (non-hydrogen) atoms. The SMILES string of the molecule is CC.COc1ccc(C)nc1CCl. The first-order valence-corrected chi connectivity index (χ1v) is 4.88. The minimum atomic E-state index is 0.394. The molecule has 0 atom stereocenters. The van der Waals surface area contributed by atoms with Crippen LogP contribution in [-0.2, 0) is 5.88 Å². The van der Waals surface area contributed by atoms with Crippen LogP contribution in [0.4, 0.5) is 0 Å². The Morgan fingerprint density at radius 3 is 2.46 bits per heavy atom. The molecule has 2 nitrogen and oxygen atoms in total. The fourth-order valence-electron chi connectivity index (χ4n) is 0.879. The van der Waals surface area contributed by atoms with Crippen molar-refractivity contribution in [3.63, 3.8) is 0 Å². The highest BCUT2D eigenvalue weighted by Crippen LogP contribution is 2.17. The highest BCUT2D eigenvalue weighted by atomic mass is 35.5. The Hall–Kier alpha value is -0.760. The topological polar surface area (TPSA) is 22.1 Å². The van der Waals surface area contributed by atoms with E-state index < -0.39 is 0 Å². The number of rotatable bonds is 2. The molecule has 0 saturated heterocycles. The lowest BCUT2D eigenvalue weighted by Crippen LogP contribution is -1.94. The van der Waals surface area contributed by atoms with E-state index in [9.17, 15) is 0 Å². The van der Waals surface area contributed by atoms with Gasteiger partial charge in [-0.25, -0.2) is 0 Å². The van der Waals surface area contributed by atoms with E-state index >= 15 is 0 Å². The zero-order chi connectivity index (χ0) is 10.3. The second-order valence-electron chi connectivity index (χ2n) is 2.24. The van der Waals surface area contributed by atoms with Crippen LogP contribution in [0, 0.1) is 6.92 Å². The molecular formula is C10H16ClNO. The number of pyridine rings is 1. The molecule has 1 aromatic heterocycles. The minimum Gasteiger partial charge on any atom is -0.495 e. The fourth-order valence-corrected chi connectivity index (χ4v) is 1.07. The van der Waals surface area contributed by atoms with Crippen LogP contribution in [0.1, 0.15) is 25.2 Å². The van der Waals surface area contributed by atoms with E-state index in [1.807, 2.05) is 32.9 Å². The molecule has 0 aromatic carbocycles. The van der Waals surface area contributed by atoms with Gasteiger partial charge in [-0.2, -0.15) is 0 Å². The Kier molecular flexibility index (Phi) is 6.33. The van der Waals surface area contributed by atoms with E-state index in [1.54, 1.807) is 7.11 Å². The Bertz CT molecular complexity index is 251. The first-order chi connectivity index (χ1) is 6.27. The largest absolute Gasteiger partial charge is 0.495 e. The summed E-state index contributed by atoms with van der Waals surface area (Å²) in [6.45, 7) is 5.93. The number of aromatic nitrogens is 1. The quantitative estimate of drug-likeness (QED) is 0.686. The summed E-state index contributed by atoms with van der Waals surface area (Å²) in [5, 5.41) is 0. The number of methoxy groups -OCH3 is 1. The monoisotopic (exact) mass is 201 g/mol. The predicted octanol–water partition coefficient (Wildman–Crippen LogP) is 3.16. The number of aryl methyl sites for hydroxylation is 1. The Morgan fingerprint density at radius 1 is 1.38 bits per heavy atom. The molecule has 74 valence electrons. The van der Waals surface area contributed by atoms with E-state index in [4.69, 9.17) is 16.3 Å². The van der Waals surface area contributed by atoms with Crippen LogP contribution in [0.2, 0.25) is 0 Å².